The molecule has 2 aromatic heterocycles. The Morgan fingerprint density at radius 2 is 2.13 bits per heavy atom. The van der Waals surface area contributed by atoms with Gasteiger partial charge in [-0.05, 0) is 37.5 Å². The zero-order chi connectivity index (χ0) is 16.2. The molecular formula is C17H17FN4O. The van der Waals surface area contributed by atoms with Crippen LogP contribution in [-0.2, 0) is 10.2 Å². The molecule has 2 aromatic rings. The van der Waals surface area contributed by atoms with Crippen molar-refractivity contribution in [1.29, 1.82) is 0 Å². The molecular weight excluding hydrogens is 295 g/mol. The lowest BCUT2D eigenvalue weighted by Gasteiger charge is -2.19. The zero-order valence-corrected chi connectivity index (χ0v) is 13.1. The van der Waals surface area contributed by atoms with Crippen LogP contribution in [0.2, 0.25) is 0 Å². The molecule has 0 radical (unpaired) electrons. The second-order valence-corrected chi connectivity index (χ2v) is 6.46. The Balaban J connectivity index is 1.80. The summed E-state index contributed by atoms with van der Waals surface area (Å²) in [4.78, 5) is 21.7. The molecule has 4 rings (SSSR count). The van der Waals surface area contributed by atoms with Gasteiger partial charge in [0.25, 0.3) is 0 Å². The maximum Gasteiger partial charge on any atom is 0.222 e. The fourth-order valence-electron chi connectivity index (χ4n) is 3.33. The van der Waals surface area contributed by atoms with Gasteiger partial charge < -0.3 is 10.2 Å². The number of pyridine rings is 2. The summed E-state index contributed by atoms with van der Waals surface area (Å²) in [6.07, 6.45) is 4.04. The lowest BCUT2D eigenvalue weighted by atomic mass is 10.0. The number of rotatable bonds is 2. The SMILES string of the molecule is CC(=O)Nc1cc2c(cn1)C1(CC1)CN2c1cc(C)cc(F)n1. The molecule has 5 nitrogen and oxygen atoms in total. The number of halogens is 1. The summed E-state index contributed by atoms with van der Waals surface area (Å²) < 4.78 is 13.7. The highest BCUT2D eigenvalue weighted by molar-refractivity contribution is 5.89. The van der Waals surface area contributed by atoms with Crippen LogP contribution < -0.4 is 10.2 Å². The summed E-state index contributed by atoms with van der Waals surface area (Å²) in [7, 11) is 0. The van der Waals surface area contributed by atoms with Gasteiger partial charge in [0.1, 0.15) is 11.6 Å². The summed E-state index contributed by atoms with van der Waals surface area (Å²) in [6.45, 7) is 4.09. The summed E-state index contributed by atoms with van der Waals surface area (Å²) in [6, 6.07) is 5.15. The number of carbonyl (C=O) groups is 1. The van der Waals surface area contributed by atoms with Crippen LogP contribution in [0.5, 0.6) is 0 Å². The predicted molar refractivity (Wildman–Crippen MR) is 85.4 cm³/mol. The Bertz CT molecular complexity index is 796. The normalized spacial score (nSPS) is 17.3. The van der Waals surface area contributed by atoms with Crippen molar-refractivity contribution in [3.05, 3.63) is 41.5 Å². The molecule has 1 spiro atoms. The molecule has 0 aromatic carbocycles. The standard InChI is InChI=1S/C17H17FN4O/c1-10-5-14(18)21-16(6-10)22-9-17(3-4-17)12-8-19-15(7-13(12)22)20-11(2)23/h5-8H,3-4,9H2,1-2H3,(H,19,20,23). The van der Waals surface area contributed by atoms with E-state index in [-0.39, 0.29) is 11.3 Å². The zero-order valence-electron chi connectivity index (χ0n) is 13.1. The largest absolute Gasteiger partial charge is 0.325 e. The monoisotopic (exact) mass is 312 g/mol. The Hall–Kier alpha value is -2.50. The highest BCUT2D eigenvalue weighted by Gasteiger charge is 2.52. The van der Waals surface area contributed by atoms with E-state index >= 15 is 0 Å². The lowest BCUT2D eigenvalue weighted by molar-refractivity contribution is -0.114. The molecule has 1 saturated carbocycles. The Morgan fingerprint density at radius 3 is 2.78 bits per heavy atom. The van der Waals surface area contributed by atoms with Crippen molar-refractivity contribution in [2.24, 2.45) is 0 Å². The number of aryl methyl sites for hydroxylation is 1. The van der Waals surface area contributed by atoms with Gasteiger partial charge in [-0.2, -0.15) is 4.39 Å². The van der Waals surface area contributed by atoms with E-state index in [1.807, 2.05) is 30.2 Å². The molecule has 2 aliphatic rings. The third-order valence-corrected chi connectivity index (χ3v) is 4.56. The van der Waals surface area contributed by atoms with Crippen molar-refractivity contribution < 1.29 is 9.18 Å². The van der Waals surface area contributed by atoms with Gasteiger partial charge >= 0.3 is 0 Å². The summed E-state index contributed by atoms with van der Waals surface area (Å²) in [5.74, 6) is 0.469. The molecule has 1 N–H and O–H groups in total. The second-order valence-electron chi connectivity index (χ2n) is 6.46. The van der Waals surface area contributed by atoms with Crippen molar-refractivity contribution in [3.8, 4) is 0 Å². The van der Waals surface area contributed by atoms with Crippen molar-refractivity contribution in [2.75, 3.05) is 16.8 Å². The van der Waals surface area contributed by atoms with E-state index in [1.54, 1.807) is 0 Å². The van der Waals surface area contributed by atoms with E-state index in [1.165, 1.54) is 13.0 Å². The van der Waals surface area contributed by atoms with Gasteiger partial charge in [-0.3, -0.25) is 4.79 Å². The van der Waals surface area contributed by atoms with Gasteiger partial charge in [-0.1, -0.05) is 0 Å². The van der Waals surface area contributed by atoms with Gasteiger partial charge in [0, 0.05) is 36.7 Å². The number of nitrogens with one attached hydrogen (secondary N) is 1. The molecule has 3 heterocycles. The molecule has 23 heavy (non-hydrogen) atoms. The minimum absolute atomic E-state index is 0.110. The molecule has 0 saturated heterocycles. The van der Waals surface area contributed by atoms with E-state index in [0.717, 1.165) is 36.2 Å². The Labute approximate surface area is 133 Å². The van der Waals surface area contributed by atoms with Crippen molar-refractivity contribution in [2.45, 2.75) is 32.1 Å². The summed E-state index contributed by atoms with van der Waals surface area (Å²) in [5, 5.41) is 2.71. The Morgan fingerprint density at radius 1 is 1.35 bits per heavy atom. The topological polar surface area (TPSA) is 58.1 Å². The number of carbonyl (C=O) groups excluding carboxylic acids is 1. The van der Waals surface area contributed by atoms with Gasteiger partial charge in [-0.25, -0.2) is 9.97 Å². The maximum absolute atomic E-state index is 13.7. The van der Waals surface area contributed by atoms with E-state index in [2.05, 4.69) is 15.3 Å². The molecule has 0 bridgehead atoms. The predicted octanol–water partition coefficient (Wildman–Crippen LogP) is 3.07. The minimum atomic E-state index is -0.477. The summed E-state index contributed by atoms with van der Waals surface area (Å²) >= 11 is 0. The maximum atomic E-state index is 13.7. The van der Waals surface area contributed by atoms with Crippen LogP contribution in [0.15, 0.2) is 24.4 Å². The molecule has 1 fully saturated rings. The molecule has 0 unspecified atom stereocenters. The molecule has 1 aliphatic heterocycles. The number of anilines is 3. The smallest absolute Gasteiger partial charge is 0.222 e. The lowest BCUT2D eigenvalue weighted by Crippen LogP contribution is -2.20. The van der Waals surface area contributed by atoms with Crippen LogP contribution in [0.3, 0.4) is 0 Å². The number of amides is 1. The van der Waals surface area contributed by atoms with E-state index in [4.69, 9.17) is 0 Å². The van der Waals surface area contributed by atoms with Gasteiger partial charge in [0.05, 0.1) is 5.69 Å². The van der Waals surface area contributed by atoms with Gasteiger partial charge in [0.15, 0.2) is 0 Å². The number of hydrogen-bond acceptors (Lipinski definition) is 4. The van der Waals surface area contributed by atoms with Crippen molar-refractivity contribution >= 4 is 23.2 Å². The highest BCUT2D eigenvalue weighted by atomic mass is 19.1. The van der Waals surface area contributed by atoms with E-state index in [9.17, 15) is 9.18 Å². The highest BCUT2D eigenvalue weighted by Crippen LogP contribution is 2.57. The fourth-order valence-corrected chi connectivity index (χ4v) is 3.33. The number of aromatic nitrogens is 2. The van der Waals surface area contributed by atoms with Crippen LogP contribution >= 0.6 is 0 Å². The summed E-state index contributed by atoms with van der Waals surface area (Å²) in [5.41, 5.74) is 3.06. The van der Waals surface area contributed by atoms with Crippen LogP contribution in [-0.4, -0.2) is 22.4 Å². The van der Waals surface area contributed by atoms with Crippen LogP contribution in [0.4, 0.5) is 21.7 Å². The number of fused-ring (bicyclic) bond motifs is 2. The van der Waals surface area contributed by atoms with Crippen molar-refractivity contribution in [1.82, 2.24) is 9.97 Å². The third kappa shape index (κ3) is 2.34. The molecule has 0 atom stereocenters. The van der Waals surface area contributed by atoms with Crippen LogP contribution in [0.1, 0.15) is 30.9 Å². The third-order valence-electron chi connectivity index (χ3n) is 4.56. The molecule has 1 amide bonds. The molecule has 6 heteroatoms. The molecule has 1 aliphatic carbocycles. The Kier molecular flexibility index (Phi) is 2.91. The first-order chi connectivity index (χ1) is 11.0. The fraction of sp³-hybridized carbons (Fsp3) is 0.353. The second kappa shape index (κ2) is 4.75. The van der Waals surface area contributed by atoms with Crippen LogP contribution in [0.25, 0.3) is 0 Å². The first-order valence-electron chi connectivity index (χ1n) is 7.67. The van der Waals surface area contributed by atoms with Crippen LogP contribution in [0, 0.1) is 12.9 Å². The molecule has 118 valence electrons. The number of hydrogen-bond donors (Lipinski definition) is 1. The van der Waals surface area contributed by atoms with Crippen molar-refractivity contribution in [3.63, 3.8) is 0 Å². The number of nitrogens with zero attached hydrogens (tertiary/aromatic N) is 3. The average Bonchev–Trinajstić information content (AvgIpc) is 3.16. The van der Waals surface area contributed by atoms with E-state index in [0.29, 0.717) is 11.6 Å². The van der Waals surface area contributed by atoms with Gasteiger partial charge in [0.2, 0.25) is 11.9 Å². The first kappa shape index (κ1) is 14.1. The van der Waals surface area contributed by atoms with Gasteiger partial charge in [-0.15, -0.1) is 0 Å². The first-order valence-corrected chi connectivity index (χ1v) is 7.67. The quantitative estimate of drug-likeness (QED) is 0.866. The van der Waals surface area contributed by atoms with E-state index < -0.39 is 5.95 Å². The average molecular weight is 312 g/mol. The minimum Gasteiger partial charge on any atom is -0.325 e.